The van der Waals surface area contributed by atoms with Crippen molar-refractivity contribution in [1.29, 1.82) is 0 Å². The molecule has 0 aliphatic carbocycles. The number of H-pyrrole nitrogens is 1. The maximum Gasteiger partial charge on any atom is 0.225 e. The van der Waals surface area contributed by atoms with Crippen LogP contribution in [-0.4, -0.2) is 28.0 Å². The van der Waals surface area contributed by atoms with Crippen molar-refractivity contribution in [2.45, 2.75) is 19.3 Å². The molecule has 3 heterocycles. The van der Waals surface area contributed by atoms with E-state index >= 15 is 0 Å². The Kier molecular flexibility index (Phi) is 3.47. The van der Waals surface area contributed by atoms with Gasteiger partial charge in [0.2, 0.25) is 5.28 Å². The molecule has 1 aromatic carbocycles. The predicted octanol–water partition coefficient (Wildman–Crippen LogP) is 4.27. The van der Waals surface area contributed by atoms with Gasteiger partial charge in [-0.2, -0.15) is 4.98 Å². The molecule has 0 saturated carbocycles. The first-order valence-electron chi connectivity index (χ1n) is 7.68. The minimum absolute atomic E-state index is 0.312. The largest absolute Gasteiger partial charge is 0.355 e. The maximum absolute atomic E-state index is 6.14. The molecule has 1 aliphatic heterocycles. The van der Waals surface area contributed by atoms with Gasteiger partial charge in [0.05, 0.1) is 5.52 Å². The zero-order valence-electron chi connectivity index (χ0n) is 12.2. The Morgan fingerprint density at radius 3 is 2.55 bits per heavy atom. The molecule has 1 N–H and O–H groups in total. The Hall–Kier alpha value is -2.07. The first-order valence-corrected chi connectivity index (χ1v) is 8.06. The molecule has 0 radical (unpaired) electrons. The first-order chi connectivity index (χ1) is 10.8. The summed E-state index contributed by atoms with van der Waals surface area (Å²) in [6.07, 6.45) is 3.70. The van der Waals surface area contributed by atoms with E-state index in [0.29, 0.717) is 5.28 Å². The molecule has 1 aliphatic rings. The van der Waals surface area contributed by atoms with Crippen molar-refractivity contribution in [3.05, 3.63) is 41.7 Å². The summed E-state index contributed by atoms with van der Waals surface area (Å²) in [7, 11) is 0. The number of hydrogen-bond donors (Lipinski definition) is 1. The molecule has 112 valence electrons. The van der Waals surface area contributed by atoms with Crippen molar-refractivity contribution in [2.24, 2.45) is 0 Å². The van der Waals surface area contributed by atoms with Crippen molar-refractivity contribution < 1.29 is 0 Å². The molecule has 4 rings (SSSR count). The second-order valence-corrected chi connectivity index (χ2v) is 6.01. The zero-order chi connectivity index (χ0) is 14.9. The van der Waals surface area contributed by atoms with Crippen molar-refractivity contribution >= 4 is 28.5 Å². The second kappa shape index (κ2) is 5.61. The molecule has 3 aromatic rings. The van der Waals surface area contributed by atoms with Gasteiger partial charge in [0.1, 0.15) is 5.52 Å². The summed E-state index contributed by atoms with van der Waals surface area (Å²) in [4.78, 5) is 14.6. The lowest BCUT2D eigenvalue weighted by atomic mass is 10.1. The Labute approximate surface area is 134 Å². The first kappa shape index (κ1) is 13.6. The third-order valence-corrected chi connectivity index (χ3v) is 4.34. The quantitative estimate of drug-likeness (QED) is 0.719. The van der Waals surface area contributed by atoms with Crippen LogP contribution in [0.2, 0.25) is 5.28 Å². The van der Waals surface area contributed by atoms with Crippen LogP contribution in [0.1, 0.15) is 19.3 Å². The van der Waals surface area contributed by atoms with Gasteiger partial charge in [0.25, 0.3) is 0 Å². The van der Waals surface area contributed by atoms with Gasteiger partial charge < -0.3 is 9.88 Å². The van der Waals surface area contributed by atoms with Crippen LogP contribution in [0.5, 0.6) is 0 Å². The van der Waals surface area contributed by atoms with E-state index in [1.165, 1.54) is 19.3 Å². The van der Waals surface area contributed by atoms with E-state index in [0.717, 1.165) is 41.2 Å². The van der Waals surface area contributed by atoms with Crippen LogP contribution in [0.25, 0.3) is 22.3 Å². The van der Waals surface area contributed by atoms with Gasteiger partial charge in [-0.3, -0.25) is 0 Å². The van der Waals surface area contributed by atoms with Gasteiger partial charge in [-0.25, -0.2) is 4.98 Å². The summed E-state index contributed by atoms with van der Waals surface area (Å²) >= 11 is 6.14. The second-order valence-electron chi connectivity index (χ2n) is 5.67. The van der Waals surface area contributed by atoms with Crippen LogP contribution in [0.3, 0.4) is 0 Å². The topological polar surface area (TPSA) is 44.8 Å². The highest BCUT2D eigenvalue weighted by molar-refractivity contribution is 6.28. The third kappa shape index (κ3) is 2.44. The van der Waals surface area contributed by atoms with Gasteiger partial charge in [-0.1, -0.05) is 30.3 Å². The fourth-order valence-corrected chi connectivity index (χ4v) is 3.25. The molecule has 0 atom stereocenters. The van der Waals surface area contributed by atoms with E-state index in [1.54, 1.807) is 0 Å². The van der Waals surface area contributed by atoms with Crippen molar-refractivity contribution in [3.63, 3.8) is 0 Å². The lowest BCUT2D eigenvalue weighted by molar-refractivity contribution is 0.574. The van der Waals surface area contributed by atoms with Crippen molar-refractivity contribution in [3.8, 4) is 11.3 Å². The number of anilines is 1. The van der Waals surface area contributed by atoms with Gasteiger partial charge in [0.15, 0.2) is 5.82 Å². The number of nitrogens with zero attached hydrogens (tertiary/aromatic N) is 3. The molecule has 0 spiro atoms. The van der Waals surface area contributed by atoms with Crippen LogP contribution in [-0.2, 0) is 0 Å². The minimum Gasteiger partial charge on any atom is -0.355 e. The van der Waals surface area contributed by atoms with E-state index in [2.05, 4.69) is 32.0 Å². The Morgan fingerprint density at radius 1 is 1.00 bits per heavy atom. The van der Waals surface area contributed by atoms with E-state index in [-0.39, 0.29) is 0 Å². The van der Waals surface area contributed by atoms with Crippen LogP contribution in [0.15, 0.2) is 36.4 Å². The molecule has 0 amide bonds. The smallest absolute Gasteiger partial charge is 0.225 e. The SMILES string of the molecule is Clc1nc(N2CCCCC2)c2[nH]c(-c3ccccc3)cc2n1. The van der Waals surface area contributed by atoms with Crippen molar-refractivity contribution in [2.75, 3.05) is 18.0 Å². The van der Waals surface area contributed by atoms with E-state index in [9.17, 15) is 0 Å². The number of rotatable bonds is 2. The number of hydrogen-bond acceptors (Lipinski definition) is 3. The van der Waals surface area contributed by atoms with Gasteiger partial charge in [-0.15, -0.1) is 0 Å². The molecule has 5 heteroatoms. The number of fused-ring (bicyclic) bond motifs is 1. The lowest BCUT2D eigenvalue weighted by Crippen LogP contribution is -2.30. The molecule has 0 bridgehead atoms. The average molecular weight is 313 g/mol. The molecule has 1 fully saturated rings. The van der Waals surface area contributed by atoms with Crippen LogP contribution >= 0.6 is 11.6 Å². The summed E-state index contributed by atoms with van der Waals surface area (Å²) in [5.41, 5.74) is 4.04. The summed E-state index contributed by atoms with van der Waals surface area (Å²) in [5, 5.41) is 0.312. The maximum atomic E-state index is 6.14. The van der Waals surface area contributed by atoms with Crippen molar-refractivity contribution in [1.82, 2.24) is 15.0 Å². The van der Waals surface area contributed by atoms with Gasteiger partial charge >= 0.3 is 0 Å². The number of aromatic amines is 1. The molecule has 2 aromatic heterocycles. The highest BCUT2D eigenvalue weighted by atomic mass is 35.5. The zero-order valence-corrected chi connectivity index (χ0v) is 13.0. The molecule has 22 heavy (non-hydrogen) atoms. The predicted molar refractivity (Wildman–Crippen MR) is 90.4 cm³/mol. The normalized spacial score (nSPS) is 15.4. The van der Waals surface area contributed by atoms with Gasteiger partial charge in [0, 0.05) is 18.8 Å². The van der Waals surface area contributed by atoms with E-state index < -0.39 is 0 Å². The highest BCUT2D eigenvalue weighted by Crippen LogP contribution is 2.30. The average Bonchev–Trinajstić information content (AvgIpc) is 2.99. The standard InChI is InChI=1S/C17H17ClN4/c18-17-20-14-11-13(12-7-3-1-4-8-12)19-15(14)16(21-17)22-9-5-2-6-10-22/h1,3-4,7-8,11,19H,2,5-6,9-10H2. The number of halogens is 1. The van der Waals surface area contributed by atoms with Crippen LogP contribution < -0.4 is 4.90 Å². The number of aromatic nitrogens is 3. The van der Waals surface area contributed by atoms with Crippen LogP contribution in [0.4, 0.5) is 5.82 Å². The molecule has 0 unspecified atom stereocenters. The molecule has 1 saturated heterocycles. The fourth-order valence-electron chi connectivity index (χ4n) is 3.08. The summed E-state index contributed by atoms with van der Waals surface area (Å²) in [5.74, 6) is 0.928. The Morgan fingerprint density at radius 2 is 1.77 bits per heavy atom. The lowest BCUT2D eigenvalue weighted by Gasteiger charge is -2.27. The summed E-state index contributed by atoms with van der Waals surface area (Å²) in [6.45, 7) is 2.06. The monoisotopic (exact) mass is 312 g/mol. The number of nitrogens with one attached hydrogen (secondary N) is 1. The summed E-state index contributed by atoms with van der Waals surface area (Å²) in [6, 6.07) is 12.3. The van der Waals surface area contributed by atoms with E-state index in [1.807, 2.05) is 24.3 Å². The third-order valence-electron chi connectivity index (χ3n) is 4.17. The molecule has 4 nitrogen and oxygen atoms in total. The van der Waals surface area contributed by atoms with Crippen LogP contribution in [0, 0.1) is 0 Å². The number of benzene rings is 1. The minimum atomic E-state index is 0.312. The highest BCUT2D eigenvalue weighted by Gasteiger charge is 2.18. The Balaban J connectivity index is 1.84. The van der Waals surface area contributed by atoms with E-state index in [4.69, 9.17) is 11.6 Å². The molecular weight excluding hydrogens is 296 g/mol. The number of piperidine rings is 1. The fraction of sp³-hybridized carbons (Fsp3) is 0.294. The summed E-state index contributed by atoms with van der Waals surface area (Å²) < 4.78 is 0. The Bertz CT molecular complexity index is 791. The molecular formula is C17H17ClN4. The van der Waals surface area contributed by atoms with Gasteiger partial charge in [-0.05, 0) is 42.5 Å².